The molecule has 1 aromatic heterocycles. The Morgan fingerprint density at radius 1 is 1.00 bits per heavy atom. The SMILES string of the molecule is O=C(c1ccc(Cl)cc1)N1CCC(c2nc3c(s2)CCN(C2CCC2)CC3)CC1. The van der Waals surface area contributed by atoms with E-state index in [1.54, 1.807) is 12.1 Å². The van der Waals surface area contributed by atoms with Gasteiger partial charge in [-0.3, -0.25) is 9.69 Å². The van der Waals surface area contributed by atoms with Gasteiger partial charge in [-0.15, -0.1) is 11.3 Å². The second kappa shape index (κ2) is 8.37. The van der Waals surface area contributed by atoms with Gasteiger partial charge in [0.1, 0.15) is 0 Å². The van der Waals surface area contributed by atoms with Gasteiger partial charge in [0, 0.05) is 60.0 Å². The lowest BCUT2D eigenvalue weighted by molar-refractivity contribution is 0.0713. The summed E-state index contributed by atoms with van der Waals surface area (Å²) in [6, 6.07) is 8.06. The van der Waals surface area contributed by atoms with Crippen LogP contribution in [0.25, 0.3) is 0 Å². The van der Waals surface area contributed by atoms with E-state index in [0.717, 1.165) is 50.4 Å². The summed E-state index contributed by atoms with van der Waals surface area (Å²) in [6.07, 6.45) is 8.48. The molecule has 0 radical (unpaired) electrons. The summed E-state index contributed by atoms with van der Waals surface area (Å²) in [5, 5.41) is 1.98. The Labute approximate surface area is 181 Å². The minimum absolute atomic E-state index is 0.117. The van der Waals surface area contributed by atoms with Crippen LogP contribution in [0, 0.1) is 0 Å². The zero-order valence-electron chi connectivity index (χ0n) is 16.8. The number of piperidine rings is 1. The van der Waals surface area contributed by atoms with Gasteiger partial charge < -0.3 is 4.90 Å². The van der Waals surface area contributed by atoms with E-state index in [1.165, 1.54) is 47.9 Å². The third-order valence-electron chi connectivity index (χ3n) is 6.87. The monoisotopic (exact) mass is 429 g/mol. The molecule has 3 heterocycles. The van der Waals surface area contributed by atoms with E-state index in [9.17, 15) is 4.79 Å². The van der Waals surface area contributed by atoms with Crippen LogP contribution >= 0.6 is 22.9 Å². The van der Waals surface area contributed by atoms with Crippen molar-refractivity contribution >= 4 is 28.8 Å². The third kappa shape index (κ3) is 4.10. The van der Waals surface area contributed by atoms with Crippen LogP contribution in [-0.2, 0) is 12.8 Å². The summed E-state index contributed by atoms with van der Waals surface area (Å²) in [6.45, 7) is 4.00. The largest absolute Gasteiger partial charge is 0.339 e. The van der Waals surface area contributed by atoms with Gasteiger partial charge in [-0.25, -0.2) is 4.98 Å². The lowest BCUT2D eigenvalue weighted by Gasteiger charge is -2.36. The van der Waals surface area contributed by atoms with Crippen LogP contribution in [0.1, 0.15) is 64.0 Å². The molecule has 1 aliphatic carbocycles. The number of rotatable bonds is 3. The highest BCUT2D eigenvalue weighted by Gasteiger charge is 2.30. The maximum atomic E-state index is 12.7. The molecule has 2 aromatic rings. The van der Waals surface area contributed by atoms with E-state index in [2.05, 4.69) is 4.90 Å². The molecule has 1 aromatic carbocycles. The zero-order valence-corrected chi connectivity index (χ0v) is 18.4. The predicted octanol–water partition coefficient (Wildman–Crippen LogP) is 4.77. The fourth-order valence-corrected chi connectivity index (χ4v) is 6.19. The molecule has 29 heavy (non-hydrogen) atoms. The fraction of sp³-hybridized carbons (Fsp3) is 0.565. The van der Waals surface area contributed by atoms with Crippen molar-refractivity contribution in [3.63, 3.8) is 0 Å². The van der Waals surface area contributed by atoms with Crippen LogP contribution < -0.4 is 0 Å². The lowest BCUT2D eigenvalue weighted by atomic mass is 9.91. The van der Waals surface area contributed by atoms with Crippen molar-refractivity contribution in [3.05, 3.63) is 50.4 Å². The first-order chi connectivity index (χ1) is 14.2. The number of nitrogens with zero attached hydrogens (tertiary/aromatic N) is 3. The average Bonchev–Trinajstić information content (AvgIpc) is 3.02. The van der Waals surface area contributed by atoms with Gasteiger partial charge in [0.25, 0.3) is 5.91 Å². The van der Waals surface area contributed by atoms with Gasteiger partial charge in [-0.2, -0.15) is 0 Å². The van der Waals surface area contributed by atoms with Gasteiger partial charge in [0.2, 0.25) is 0 Å². The number of amides is 1. The molecule has 154 valence electrons. The molecular formula is C23H28ClN3OS. The number of carbonyl (C=O) groups excluding carboxylic acids is 1. The molecule has 5 rings (SSSR count). The second-order valence-corrected chi connectivity index (χ2v) is 10.2. The van der Waals surface area contributed by atoms with Crippen molar-refractivity contribution < 1.29 is 4.79 Å². The lowest BCUT2D eigenvalue weighted by Crippen LogP contribution is -2.41. The Bertz CT molecular complexity index is 843. The Morgan fingerprint density at radius 2 is 1.72 bits per heavy atom. The first-order valence-corrected chi connectivity index (χ1v) is 12.1. The Hall–Kier alpha value is -1.43. The standard InChI is InChI=1S/C23H28ClN3OS/c24-18-6-4-17(5-7-18)23(28)27-12-8-16(9-13-27)22-25-20-10-14-26(19-2-1-3-19)15-11-21(20)29-22/h4-7,16,19H,1-3,8-15H2. The Balaban J connectivity index is 1.19. The Morgan fingerprint density at radius 3 is 2.41 bits per heavy atom. The highest BCUT2D eigenvalue weighted by atomic mass is 35.5. The molecule has 0 atom stereocenters. The van der Waals surface area contributed by atoms with Crippen LogP contribution in [0.4, 0.5) is 0 Å². The number of carbonyl (C=O) groups is 1. The molecule has 4 nitrogen and oxygen atoms in total. The molecule has 2 aliphatic heterocycles. The van der Waals surface area contributed by atoms with Gasteiger partial charge in [-0.1, -0.05) is 18.0 Å². The van der Waals surface area contributed by atoms with Crippen LogP contribution in [0.15, 0.2) is 24.3 Å². The summed E-state index contributed by atoms with van der Waals surface area (Å²) in [5.74, 6) is 0.620. The Kier molecular flexibility index (Phi) is 5.63. The molecule has 0 bridgehead atoms. The summed E-state index contributed by atoms with van der Waals surface area (Å²) in [4.78, 5) is 24.0. The molecule has 0 N–H and O–H groups in total. The topological polar surface area (TPSA) is 36.4 Å². The van der Waals surface area contributed by atoms with Crippen molar-refractivity contribution in [2.75, 3.05) is 26.2 Å². The molecule has 3 aliphatic rings. The molecule has 6 heteroatoms. The second-order valence-electron chi connectivity index (χ2n) is 8.62. The van der Waals surface area contributed by atoms with Crippen molar-refractivity contribution in [1.29, 1.82) is 0 Å². The minimum Gasteiger partial charge on any atom is -0.339 e. The maximum absolute atomic E-state index is 12.7. The fourth-order valence-electron chi connectivity index (χ4n) is 4.80. The molecule has 0 spiro atoms. The van der Waals surface area contributed by atoms with Gasteiger partial charge in [-0.05, 0) is 56.4 Å². The first kappa shape index (κ1) is 19.5. The summed E-state index contributed by atoms with van der Waals surface area (Å²) >= 11 is 7.89. The summed E-state index contributed by atoms with van der Waals surface area (Å²) < 4.78 is 0. The molecule has 0 unspecified atom stereocenters. The molecule has 1 saturated carbocycles. The number of hydrogen-bond donors (Lipinski definition) is 0. The molecule has 2 fully saturated rings. The number of likely N-dealkylation sites (tertiary alicyclic amines) is 1. The highest BCUT2D eigenvalue weighted by Crippen LogP contribution is 2.35. The van der Waals surface area contributed by atoms with Gasteiger partial charge >= 0.3 is 0 Å². The van der Waals surface area contributed by atoms with Crippen LogP contribution in [0.3, 0.4) is 0 Å². The number of halogens is 1. The zero-order chi connectivity index (χ0) is 19.8. The third-order valence-corrected chi connectivity index (χ3v) is 8.44. The number of thiazole rings is 1. The van der Waals surface area contributed by atoms with Crippen LogP contribution in [-0.4, -0.2) is 52.9 Å². The van der Waals surface area contributed by atoms with E-state index < -0.39 is 0 Å². The van der Waals surface area contributed by atoms with Crippen molar-refractivity contribution in [2.45, 2.75) is 56.9 Å². The number of hydrogen-bond acceptors (Lipinski definition) is 4. The number of aromatic nitrogens is 1. The predicted molar refractivity (Wildman–Crippen MR) is 118 cm³/mol. The number of benzene rings is 1. The maximum Gasteiger partial charge on any atom is 0.253 e. The average molecular weight is 430 g/mol. The van der Waals surface area contributed by atoms with Crippen molar-refractivity contribution in [1.82, 2.24) is 14.8 Å². The number of fused-ring (bicyclic) bond motifs is 1. The molecular weight excluding hydrogens is 402 g/mol. The highest BCUT2D eigenvalue weighted by molar-refractivity contribution is 7.11. The van der Waals surface area contributed by atoms with E-state index >= 15 is 0 Å². The van der Waals surface area contributed by atoms with E-state index in [-0.39, 0.29) is 5.91 Å². The van der Waals surface area contributed by atoms with Crippen LogP contribution in [0.2, 0.25) is 5.02 Å². The van der Waals surface area contributed by atoms with Gasteiger partial charge in [0.05, 0.1) is 10.7 Å². The van der Waals surface area contributed by atoms with Crippen molar-refractivity contribution in [2.24, 2.45) is 0 Å². The van der Waals surface area contributed by atoms with E-state index in [4.69, 9.17) is 16.6 Å². The molecule has 1 saturated heterocycles. The van der Waals surface area contributed by atoms with E-state index in [1.807, 2.05) is 28.4 Å². The van der Waals surface area contributed by atoms with E-state index in [0.29, 0.717) is 10.9 Å². The smallest absolute Gasteiger partial charge is 0.253 e. The van der Waals surface area contributed by atoms with Gasteiger partial charge in [0.15, 0.2) is 0 Å². The summed E-state index contributed by atoms with van der Waals surface area (Å²) in [5.41, 5.74) is 2.08. The summed E-state index contributed by atoms with van der Waals surface area (Å²) in [7, 11) is 0. The van der Waals surface area contributed by atoms with Crippen molar-refractivity contribution in [3.8, 4) is 0 Å². The van der Waals surface area contributed by atoms with Crippen LogP contribution in [0.5, 0.6) is 0 Å². The quantitative estimate of drug-likeness (QED) is 0.705. The normalized spacial score (nSPS) is 21.5. The first-order valence-electron chi connectivity index (χ1n) is 10.9. The minimum atomic E-state index is 0.117. The molecule has 1 amide bonds.